The Bertz CT molecular complexity index is 323. The van der Waals surface area contributed by atoms with Gasteiger partial charge in [0.1, 0.15) is 6.10 Å². The largest absolute Gasteiger partial charge is 0.392 e. The molecule has 0 aliphatic carbocycles. The third-order valence-electron chi connectivity index (χ3n) is 1.93. The van der Waals surface area contributed by atoms with Crippen LogP contribution >= 0.6 is 0 Å². The van der Waals surface area contributed by atoms with Crippen LogP contribution < -0.4 is 0 Å². The molecule has 0 saturated carbocycles. The Balaban J connectivity index is 2.84. The number of rotatable bonds is 4. The molecular formula is C11H12F2O2. The SMILES string of the molecule is OC/C=C/C(F)(F)C(O)c1ccccc1. The quantitative estimate of drug-likeness (QED) is 0.751. The van der Waals surface area contributed by atoms with Gasteiger partial charge in [0.2, 0.25) is 0 Å². The lowest BCUT2D eigenvalue weighted by Gasteiger charge is -2.19. The van der Waals surface area contributed by atoms with Crippen LogP contribution in [0.2, 0.25) is 0 Å². The van der Waals surface area contributed by atoms with Gasteiger partial charge in [-0.15, -0.1) is 0 Å². The van der Waals surface area contributed by atoms with E-state index in [9.17, 15) is 13.9 Å². The number of alkyl halides is 2. The summed E-state index contributed by atoms with van der Waals surface area (Å²) in [5, 5.41) is 17.8. The molecule has 82 valence electrons. The number of benzene rings is 1. The zero-order valence-corrected chi connectivity index (χ0v) is 7.98. The first-order chi connectivity index (χ1) is 7.08. The molecule has 2 N–H and O–H groups in total. The number of aliphatic hydroxyl groups is 2. The van der Waals surface area contributed by atoms with E-state index in [4.69, 9.17) is 5.11 Å². The molecule has 1 aromatic rings. The summed E-state index contributed by atoms with van der Waals surface area (Å²) in [6, 6.07) is 7.67. The molecule has 0 aliphatic rings. The standard InChI is InChI=1S/C11H12F2O2/c12-11(13,7-4-8-14)10(15)9-5-2-1-3-6-9/h1-7,10,14-15H,8H2/b7-4+. The summed E-state index contributed by atoms with van der Waals surface area (Å²) in [4.78, 5) is 0. The van der Waals surface area contributed by atoms with E-state index in [-0.39, 0.29) is 5.56 Å². The van der Waals surface area contributed by atoms with Gasteiger partial charge in [0.05, 0.1) is 6.61 Å². The van der Waals surface area contributed by atoms with Gasteiger partial charge in [-0.1, -0.05) is 36.4 Å². The molecule has 0 heterocycles. The van der Waals surface area contributed by atoms with E-state index in [0.717, 1.165) is 6.08 Å². The van der Waals surface area contributed by atoms with E-state index in [1.165, 1.54) is 12.1 Å². The smallest absolute Gasteiger partial charge is 0.295 e. The predicted octanol–water partition coefficient (Wildman–Crippen LogP) is 1.90. The predicted molar refractivity (Wildman–Crippen MR) is 52.6 cm³/mol. The average Bonchev–Trinajstić information content (AvgIpc) is 2.26. The fraction of sp³-hybridized carbons (Fsp3) is 0.273. The fourth-order valence-electron chi connectivity index (χ4n) is 1.16. The van der Waals surface area contributed by atoms with Gasteiger partial charge in [-0.3, -0.25) is 0 Å². The normalized spacial score (nSPS) is 14.4. The van der Waals surface area contributed by atoms with Gasteiger partial charge >= 0.3 is 0 Å². The minimum Gasteiger partial charge on any atom is -0.392 e. The lowest BCUT2D eigenvalue weighted by molar-refractivity contribution is -0.0718. The van der Waals surface area contributed by atoms with Crippen LogP contribution in [-0.4, -0.2) is 22.7 Å². The van der Waals surface area contributed by atoms with E-state index in [1.54, 1.807) is 18.2 Å². The van der Waals surface area contributed by atoms with Crippen LogP contribution in [0.1, 0.15) is 11.7 Å². The van der Waals surface area contributed by atoms with Gasteiger partial charge < -0.3 is 10.2 Å². The van der Waals surface area contributed by atoms with Crippen molar-refractivity contribution >= 4 is 0 Å². The third-order valence-corrected chi connectivity index (χ3v) is 1.93. The Morgan fingerprint density at radius 2 is 1.87 bits per heavy atom. The Labute approximate surface area is 86.5 Å². The Kier molecular flexibility index (Phi) is 3.94. The lowest BCUT2D eigenvalue weighted by Crippen LogP contribution is -2.23. The molecule has 1 rings (SSSR count). The zero-order valence-electron chi connectivity index (χ0n) is 7.98. The van der Waals surface area contributed by atoms with Crippen molar-refractivity contribution in [3.05, 3.63) is 48.0 Å². The highest BCUT2D eigenvalue weighted by atomic mass is 19.3. The number of hydrogen-bond donors (Lipinski definition) is 2. The first-order valence-corrected chi connectivity index (χ1v) is 4.47. The molecule has 0 aromatic heterocycles. The molecule has 1 unspecified atom stereocenters. The van der Waals surface area contributed by atoms with Crippen molar-refractivity contribution in [3.8, 4) is 0 Å². The molecule has 0 saturated heterocycles. The van der Waals surface area contributed by atoms with Gasteiger partial charge in [0.15, 0.2) is 0 Å². The Morgan fingerprint density at radius 1 is 1.27 bits per heavy atom. The summed E-state index contributed by atoms with van der Waals surface area (Å²) < 4.78 is 26.5. The summed E-state index contributed by atoms with van der Waals surface area (Å²) in [6.07, 6.45) is -0.474. The fourth-order valence-corrected chi connectivity index (χ4v) is 1.16. The molecule has 0 radical (unpaired) electrons. The van der Waals surface area contributed by atoms with Crippen molar-refractivity contribution in [2.75, 3.05) is 6.61 Å². The number of aliphatic hydroxyl groups excluding tert-OH is 2. The van der Waals surface area contributed by atoms with E-state index < -0.39 is 18.6 Å². The summed E-state index contributed by atoms with van der Waals surface area (Å²) in [5.74, 6) is -3.37. The number of hydrogen-bond acceptors (Lipinski definition) is 2. The van der Waals surface area contributed by atoms with E-state index in [1.807, 2.05) is 0 Å². The highest BCUT2D eigenvalue weighted by Gasteiger charge is 2.36. The molecule has 1 aromatic carbocycles. The van der Waals surface area contributed by atoms with Gasteiger partial charge in [-0.25, -0.2) is 0 Å². The second kappa shape index (κ2) is 5.00. The van der Waals surface area contributed by atoms with E-state index in [2.05, 4.69) is 0 Å². The molecular weight excluding hydrogens is 202 g/mol. The van der Waals surface area contributed by atoms with Gasteiger partial charge in [-0.2, -0.15) is 8.78 Å². The minimum atomic E-state index is -3.37. The van der Waals surface area contributed by atoms with Crippen molar-refractivity contribution in [1.29, 1.82) is 0 Å². The summed E-state index contributed by atoms with van der Waals surface area (Å²) >= 11 is 0. The van der Waals surface area contributed by atoms with Gasteiger partial charge in [-0.05, 0) is 11.6 Å². The van der Waals surface area contributed by atoms with Crippen LogP contribution in [0.25, 0.3) is 0 Å². The van der Waals surface area contributed by atoms with Crippen LogP contribution in [-0.2, 0) is 0 Å². The van der Waals surface area contributed by atoms with Crippen molar-refractivity contribution < 1.29 is 19.0 Å². The minimum absolute atomic E-state index is 0.144. The number of halogens is 2. The molecule has 2 nitrogen and oxygen atoms in total. The molecule has 0 amide bonds. The maximum absolute atomic E-state index is 13.2. The maximum atomic E-state index is 13.2. The van der Waals surface area contributed by atoms with Crippen molar-refractivity contribution in [3.63, 3.8) is 0 Å². The second-order valence-electron chi connectivity index (χ2n) is 3.07. The van der Waals surface area contributed by atoms with Crippen molar-refractivity contribution in [2.24, 2.45) is 0 Å². The summed E-state index contributed by atoms with van der Waals surface area (Å²) in [7, 11) is 0. The van der Waals surface area contributed by atoms with Crippen LogP contribution in [0.3, 0.4) is 0 Å². The van der Waals surface area contributed by atoms with Crippen LogP contribution in [0.5, 0.6) is 0 Å². The lowest BCUT2D eigenvalue weighted by atomic mass is 10.0. The highest BCUT2D eigenvalue weighted by molar-refractivity contribution is 5.21. The third kappa shape index (κ3) is 3.11. The zero-order chi connectivity index (χ0) is 11.3. The Morgan fingerprint density at radius 3 is 2.40 bits per heavy atom. The first kappa shape index (κ1) is 11.8. The first-order valence-electron chi connectivity index (χ1n) is 4.47. The topological polar surface area (TPSA) is 40.5 Å². The van der Waals surface area contributed by atoms with Gasteiger partial charge in [0, 0.05) is 0 Å². The van der Waals surface area contributed by atoms with Crippen LogP contribution in [0.15, 0.2) is 42.5 Å². The Hall–Kier alpha value is -1.26. The molecule has 0 bridgehead atoms. The summed E-state index contributed by atoms with van der Waals surface area (Å²) in [5.41, 5.74) is 0.144. The highest BCUT2D eigenvalue weighted by Crippen LogP contribution is 2.32. The molecule has 4 heteroatoms. The second-order valence-corrected chi connectivity index (χ2v) is 3.07. The molecule has 1 atom stereocenters. The van der Waals surface area contributed by atoms with Crippen LogP contribution in [0, 0.1) is 0 Å². The van der Waals surface area contributed by atoms with Crippen molar-refractivity contribution in [1.82, 2.24) is 0 Å². The molecule has 0 fully saturated rings. The molecule has 0 spiro atoms. The molecule has 15 heavy (non-hydrogen) atoms. The van der Waals surface area contributed by atoms with Gasteiger partial charge in [0.25, 0.3) is 5.92 Å². The summed E-state index contributed by atoms with van der Waals surface area (Å²) in [6.45, 7) is -0.475. The van der Waals surface area contributed by atoms with Crippen molar-refractivity contribution in [2.45, 2.75) is 12.0 Å². The average molecular weight is 214 g/mol. The van der Waals surface area contributed by atoms with E-state index >= 15 is 0 Å². The maximum Gasteiger partial charge on any atom is 0.295 e. The monoisotopic (exact) mass is 214 g/mol. The van der Waals surface area contributed by atoms with Crippen LogP contribution in [0.4, 0.5) is 8.78 Å². The van der Waals surface area contributed by atoms with E-state index in [0.29, 0.717) is 6.08 Å². The molecule has 0 aliphatic heterocycles.